The highest BCUT2D eigenvalue weighted by molar-refractivity contribution is 7.89. The lowest BCUT2D eigenvalue weighted by Gasteiger charge is -2.55. The highest BCUT2D eigenvalue weighted by Crippen LogP contribution is 2.61. The molecule has 0 unspecified atom stereocenters. The smallest absolute Gasteiger partial charge is 0.257 e. The molecule has 1 amide bonds. The molecular formula is C23H28N4O3S2. The van der Waals surface area contributed by atoms with E-state index in [1.54, 1.807) is 19.1 Å². The Kier molecular flexibility index (Phi) is 4.75. The van der Waals surface area contributed by atoms with E-state index in [2.05, 4.69) is 20.2 Å². The molecule has 170 valence electrons. The Balaban J connectivity index is 1.22. The van der Waals surface area contributed by atoms with Gasteiger partial charge in [-0.2, -0.15) is 0 Å². The maximum Gasteiger partial charge on any atom is 0.257 e. The second-order valence-electron chi connectivity index (χ2n) is 10.4. The van der Waals surface area contributed by atoms with Gasteiger partial charge in [-0.05, 0) is 93.7 Å². The van der Waals surface area contributed by atoms with Crippen molar-refractivity contribution >= 4 is 32.4 Å². The molecule has 1 aromatic heterocycles. The summed E-state index contributed by atoms with van der Waals surface area (Å²) in [4.78, 5) is 13.1. The van der Waals surface area contributed by atoms with Crippen molar-refractivity contribution in [2.24, 2.45) is 17.8 Å². The number of nitrogens with zero attached hydrogens (tertiary/aromatic N) is 2. The van der Waals surface area contributed by atoms with Gasteiger partial charge in [-0.1, -0.05) is 17.4 Å². The number of nitrogens with one attached hydrogen (secondary N) is 2. The number of sulfonamides is 1. The molecule has 2 N–H and O–H groups in total. The number of amides is 1. The number of carbonyl (C=O) groups excluding carboxylic acids is 1. The van der Waals surface area contributed by atoms with Crippen LogP contribution in [-0.4, -0.2) is 30.6 Å². The molecule has 5 aliphatic carbocycles. The molecule has 1 heterocycles. The minimum Gasteiger partial charge on any atom is -0.296 e. The summed E-state index contributed by atoms with van der Waals surface area (Å²) in [5.74, 6) is 2.11. The Morgan fingerprint density at radius 1 is 1.06 bits per heavy atom. The van der Waals surface area contributed by atoms with E-state index >= 15 is 0 Å². The highest BCUT2D eigenvalue weighted by Gasteiger charge is 2.53. The minimum atomic E-state index is -3.62. The second kappa shape index (κ2) is 7.33. The van der Waals surface area contributed by atoms with Crippen molar-refractivity contribution in [3.8, 4) is 0 Å². The molecule has 5 saturated carbocycles. The lowest BCUT2D eigenvalue weighted by molar-refractivity contribution is -0.00555. The molecule has 0 aliphatic heterocycles. The van der Waals surface area contributed by atoms with E-state index in [0.29, 0.717) is 10.7 Å². The predicted molar refractivity (Wildman–Crippen MR) is 122 cm³/mol. The summed E-state index contributed by atoms with van der Waals surface area (Å²) < 4.78 is 27.8. The summed E-state index contributed by atoms with van der Waals surface area (Å²) in [6.07, 6.45) is 9.45. The van der Waals surface area contributed by atoms with Crippen molar-refractivity contribution in [2.45, 2.75) is 74.6 Å². The van der Waals surface area contributed by atoms with Crippen molar-refractivity contribution in [2.75, 3.05) is 5.32 Å². The van der Waals surface area contributed by atoms with Crippen LogP contribution >= 0.6 is 11.3 Å². The monoisotopic (exact) mass is 472 g/mol. The lowest BCUT2D eigenvalue weighted by Crippen LogP contribution is -2.48. The largest absolute Gasteiger partial charge is 0.296 e. The maximum atomic E-state index is 13.0. The third-order valence-corrected chi connectivity index (χ3v) is 10.4. The Bertz CT molecular complexity index is 1150. The van der Waals surface area contributed by atoms with Crippen molar-refractivity contribution in [3.05, 3.63) is 34.3 Å². The van der Waals surface area contributed by atoms with Gasteiger partial charge in [0.25, 0.3) is 5.91 Å². The standard InChI is InChI=1S/C23H28N4O3S2/c1-13-2-5-18(32(29,30)27-17-3-4-17)9-19(13)20(28)24-22-26-25-21(31-22)23-10-14-6-15(11-23)8-16(7-14)12-23/h2,5,9,14-17,27H,3-4,6-8,10-12H2,1H3,(H,24,26,28). The topological polar surface area (TPSA) is 101 Å². The molecule has 0 atom stereocenters. The number of rotatable bonds is 6. The Morgan fingerprint density at radius 3 is 2.34 bits per heavy atom. The zero-order chi connectivity index (χ0) is 22.1. The van der Waals surface area contributed by atoms with Gasteiger partial charge in [-0.25, -0.2) is 13.1 Å². The molecule has 7 rings (SSSR count). The van der Waals surface area contributed by atoms with Gasteiger partial charge >= 0.3 is 0 Å². The first kappa shape index (κ1) is 20.7. The van der Waals surface area contributed by atoms with Crippen LogP contribution in [-0.2, 0) is 15.4 Å². The van der Waals surface area contributed by atoms with Crippen LogP contribution in [0.3, 0.4) is 0 Å². The van der Waals surface area contributed by atoms with Gasteiger partial charge < -0.3 is 0 Å². The number of aromatic nitrogens is 2. The lowest BCUT2D eigenvalue weighted by atomic mass is 9.50. The van der Waals surface area contributed by atoms with Gasteiger partial charge in [-0.3, -0.25) is 10.1 Å². The molecule has 5 fully saturated rings. The summed E-state index contributed by atoms with van der Waals surface area (Å²) in [5, 5.41) is 13.2. The summed E-state index contributed by atoms with van der Waals surface area (Å²) in [5.41, 5.74) is 1.21. The average molecular weight is 473 g/mol. The summed E-state index contributed by atoms with van der Waals surface area (Å²) >= 11 is 1.49. The number of hydrogen-bond acceptors (Lipinski definition) is 6. The van der Waals surface area contributed by atoms with Crippen LogP contribution in [0.5, 0.6) is 0 Å². The van der Waals surface area contributed by atoms with Crippen LogP contribution in [0.1, 0.15) is 72.3 Å². The Labute approximate surface area is 192 Å². The second-order valence-corrected chi connectivity index (χ2v) is 13.1. The molecule has 0 spiro atoms. The average Bonchev–Trinajstić information content (AvgIpc) is 3.39. The number of aryl methyl sites for hydroxylation is 1. The molecule has 2 aromatic rings. The van der Waals surface area contributed by atoms with Gasteiger partial charge in [0.15, 0.2) is 0 Å². The Morgan fingerprint density at radius 2 is 1.72 bits per heavy atom. The van der Waals surface area contributed by atoms with Gasteiger partial charge in [0.1, 0.15) is 5.01 Å². The first-order chi connectivity index (χ1) is 15.3. The van der Waals surface area contributed by atoms with Crippen molar-refractivity contribution in [1.29, 1.82) is 0 Å². The van der Waals surface area contributed by atoms with E-state index in [4.69, 9.17) is 0 Å². The maximum absolute atomic E-state index is 13.0. The van der Waals surface area contributed by atoms with Gasteiger partial charge in [-0.15, -0.1) is 10.2 Å². The van der Waals surface area contributed by atoms with Crippen molar-refractivity contribution < 1.29 is 13.2 Å². The van der Waals surface area contributed by atoms with E-state index in [0.717, 1.165) is 41.2 Å². The SMILES string of the molecule is Cc1ccc(S(=O)(=O)NC2CC2)cc1C(=O)Nc1nnc(C23CC4CC(CC(C4)C2)C3)s1. The van der Waals surface area contributed by atoms with Gasteiger partial charge in [0.2, 0.25) is 15.2 Å². The number of carbonyl (C=O) groups is 1. The predicted octanol–water partition coefficient (Wildman–Crippen LogP) is 4.01. The molecule has 4 bridgehead atoms. The highest BCUT2D eigenvalue weighted by atomic mass is 32.2. The van der Waals surface area contributed by atoms with Crippen LogP contribution < -0.4 is 10.0 Å². The van der Waals surface area contributed by atoms with Gasteiger partial charge in [0.05, 0.1) is 4.90 Å². The normalized spacial score (nSPS) is 31.1. The first-order valence-corrected chi connectivity index (χ1v) is 13.9. The quantitative estimate of drug-likeness (QED) is 0.662. The number of hydrogen-bond donors (Lipinski definition) is 2. The fraction of sp³-hybridized carbons (Fsp3) is 0.609. The van der Waals surface area contributed by atoms with Gasteiger partial charge in [0, 0.05) is 17.0 Å². The molecule has 1 aromatic carbocycles. The minimum absolute atomic E-state index is 0.0166. The van der Waals surface area contributed by atoms with E-state index in [1.165, 1.54) is 55.9 Å². The zero-order valence-electron chi connectivity index (χ0n) is 18.1. The first-order valence-electron chi connectivity index (χ1n) is 11.6. The van der Waals surface area contributed by atoms with E-state index in [1.807, 2.05) is 0 Å². The number of anilines is 1. The zero-order valence-corrected chi connectivity index (χ0v) is 19.8. The van der Waals surface area contributed by atoms with Crippen molar-refractivity contribution in [3.63, 3.8) is 0 Å². The molecular weight excluding hydrogens is 444 g/mol. The summed E-state index contributed by atoms with van der Waals surface area (Å²) in [6, 6.07) is 4.70. The van der Waals surface area contributed by atoms with Crippen LogP contribution in [0.25, 0.3) is 0 Å². The van der Waals surface area contributed by atoms with E-state index < -0.39 is 10.0 Å². The third kappa shape index (κ3) is 3.68. The summed E-state index contributed by atoms with van der Waals surface area (Å²) in [6.45, 7) is 1.81. The van der Waals surface area contributed by atoms with E-state index in [9.17, 15) is 13.2 Å². The van der Waals surface area contributed by atoms with Crippen LogP contribution in [0, 0.1) is 24.7 Å². The van der Waals surface area contributed by atoms with E-state index in [-0.39, 0.29) is 22.3 Å². The van der Waals surface area contributed by atoms with Crippen molar-refractivity contribution in [1.82, 2.24) is 14.9 Å². The number of benzene rings is 1. The molecule has 7 nitrogen and oxygen atoms in total. The van der Waals surface area contributed by atoms with Crippen LogP contribution in [0.15, 0.2) is 23.1 Å². The van der Waals surface area contributed by atoms with Crippen LogP contribution in [0.2, 0.25) is 0 Å². The molecule has 0 radical (unpaired) electrons. The molecule has 9 heteroatoms. The third-order valence-electron chi connectivity index (χ3n) is 7.80. The molecule has 5 aliphatic rings. The Hall–Kier alpha value is -1.84. The van der Waals surface area contributed by atoms with Crippen LogP contribution in [0.4, 0.5) is 5.13 Å². The molecule has 0 saturated heterocycles. The molecule has 32 heavy (non-hydrogen) atoms. The fourth-order valence-electron chi connectivity index (χ4n) is 6.53. The summed E-state index contributed by atoms with van der Waals surface area (Å²) in [7, 11) is -3.62. The fourth-order valence-corrected chi connectivity index (χ4v) is 8.81.